The molecule has 0 spiro atoms. The molecule has 19 heavy (non-hydrogen) atoms. The van der Waals surface area contributed by atoms with E-state index in [0.717, 1.165) is 11.3 Å². The predicted octanol–water partition coefficient (Wildman–Crippen LogP) is 3.97. The van der Waals surface area contributed by atoms with Crippen molar-refractivity contribution in [3.05, 3.63) is 46.3 Å². The van der Waals surface area contributed by atoms with Crippen LogP contribution in [0.25, 0.3) is 0 Å². The molecule has 0 aliphatic carbocycles. The lowest BCUT2D eigenvalue weighted by molar-refractivity contribution is 0.414. The summed E-state index contributed by atoms with van der Waals surface area (Å²) in [4.78, 5) is 7.87. The Bertz CT molecular complexity index is 560. The van der Waals surface area contributed by atoms with Gasteiger partial charge >= 0.3 is 0 Å². The molecule has 1 aromatic carbocycles. The van der Waals surface area contributed by atoms with Crippen LogP contribution in [-0.2, 0) is 0 Å². The summed E-state index contributed by atoms with van der Waals surface area (Å²) in [7, 11) is 1.64. The van der Waals surface area contributed by atoms with Crippen LogP contribution >= 0.6 is 23.2 Å². The van der Waals surface area contributed by atoms with Crippen molar-refractivity contribution in [1.29, 1.82) is 0 Å². The average molecular weight is 298 g/mol. The first kappa shape index (κ1) is 13.9. The van der Waals surface area contributed by atoms with E-state index in [9.17, 15) is 0 Å². The van der Waals surface area contributed by atoms with Crippen LogP contribution in [0.1, 0.15) is 18.5 Å². The standard InChI is InChI=1S/C13H13Cl2N3O/c1-8(9-3-5-10(19-2)6-4-9)17-12-11(14)7-16-13(15)18-12/h3-8H,1-2H3,(H,16,17,18). The summed E-state index contributed by atoms with van der Waals surface area (Å²) in [6.45, 7) is 2.01. The van der Waals surface area contributed by atoms with Gasteiger partial charge in [0.25, 0.3) is 0 Å². The van der Waals surface area contributed by atoms with Crippen LogP contribution in [-0.4, -0.2) is 17.1 Å². The molecular formula is C13H13Cl2N3O. The minimum absolute atomic E-state index is 0.0365. The van der Waals surface area contributed by atoms with Crippen LogP contribution in [0.3, 0.4) is 0 Å². The second-order valence-electron chi connectivity index (χ2n) is 3.97. The Kier molecular flexibility index (Phi) is 4.45. The number of rotatable bonds is 4. The number of hydrogen-bond acceptors (Lipinski definition) is 4. The molecule has 0 bridgehead atoms. The topological polar surface area (TPSA) is 47.0 Å². The Morgan fingerprint density at radius 2 is 1.89 bits per heavy atom. The average Bonchev–Trinajstić information content (AvgIpc) is 2.43. The first-order valence-electron chi connectivity index (χ1n) is 5.68. The van der Waals surface area contributed by atoms with E-state index in [4.69, 9.17) is 27.9 Å². The summed E-state index contributed by atoms with van der Waals surface area (Å²) in [6.07, 6.45) is 1.47. The monoisotopic (exact) mass is 297 g/mol. The maximum Gasteiger partial charge on any atom is 0.224 e. The SMILES string of the molecule is COc1ccc(C(C)Nc2nc(Cl)ncc2Cl)cc1. The van der Waals surface area contributed by atoms with Crippen LogP contribution in [0.5, 0.6) is 5.75 Å². The van der Waals surface area contributed by atoms with Gasteiger partial charge in [0, 0.05) is 6.04 Å². The molecule has 2 rings (SSSR count). The number of nitrogens with zero attached hydrogens (tertiary/aromatic N) is 2. The number of anilines is 1. The van der Waals surface area contributed by atoms with Gasteiger partial charge in [0.1, 0.15) is 16.6 Å². The summed E-state index contributed by atoms with van der Waals surface area (Å²) in [5, 5.41) is 3.79. The lowest BCUT2D eigenvalue weighted by Gasteiger charge is -2.16. The molecule has 0 saturated carbocycles. The molecule has 2 aromatic rings. The molecule has 0 radical (unpaired) electrons. The van der Waals surface area contributed by atoms with Gasteiger partial charge < -0.3 is 10.1 Å². The number of ether oxygens (including phenoxy) is 1. The first-order chi connectivity index (χ1) is 9.10. The zero-order chi connectivity index (χ0) is 13.8. The number of hydrogen-bond donors (Lipinski definition) is 1. The smallest absolute Gasteiger partial charge is 0.224 e. The summed E-state index contributed by atoms with van der Waals surface area (Å²) >= 11 is 11.8. The summed E-state index contributed by atoms with van der Waals surface area (Å²) < 4.78 is 5.12. The van der Waals surface area contributed by atoms with Gasteiger partial charge in [-0.3, -0.25) is 0 Å². The number of benzene rings is 1. The molecule has 1 N–H and O–H groups in total. The third-order valence-corrected chi connectivity index (χ3v) is 3.14. The molecule has 1 unspecified atom stereocenters. The second kappa shape index (κ2) is 6.08. The molecule has 0 amide bonds. The molecule has 0 fully saturated rings. The lowest BCUT2D eigenvalue weighted by atomic mass is 10.1. The highest BCUT2D eigenvalue weighted by Gasteiger charge is 2.10. The number of nitrogens with one attached hydrogen (secondary N) is 1. The highest BCUT2D eigenvalue weighted by molar-refractivity contribution is 6.33. The maximum atomic E-state index is 6.01. The molecule has 1 aromatic heterocycles. The molecule has 0 aliphatic rings. The van der Waals surface area contributed by atoms with Gasteiger partial charge in [0.05, 0.1) is 13.3 Å². The quantitative estimate of drug-likeness (QED) is 0.868. The molecule has 0 saturated heterocycles. The highest BCUT2D eigenvalue weighted by Crippen LogP contribution is 2.25. The van der Waals surface area contributed by atoms with Crippen molar-refractivity contribution < 1.29 is 4.74 Å². The van der Waals surface area contributed by atoms with Crippen molar-refractivity contribution in [2.75, 3.05) is 12.4 Å². The lowest BCUT2D eigenvalue weighted by Crippen LogP contribution is -2.08. The van der Waals surface area contributed by atoms with Crippen LogP contribution in [0.2, 0.25) is 10.3 Å². The molecular weight excluding hydrogens is 285 g/mol. The normalized spacial score (nSPS) is 12.0. The molecule has 4 nitrogen and oxygen atoms in total. The van der Waals surface area contributed by atoms with Gasteiger partial charge in [0.15, 0.2) is 0 Å². The predicted molar refractivity (Wildman–Crippen MR) is 77.1 cm³/mol. The molecule has 0 aliphatic heterocycles. The Morgan fingerprint density at radius 1 is 1.21 bits per heavy atom. The van der Waals surface area contributed by atoms with E-state index in [0.29, 0.717) is 10.8 Å². The third kappa shape index (κ3) is 3.49. The number of aromatic nitrogens is 2. The summed E-state index contributed by atoms with van der Waals surface area (Å²) in [5.74, 6) is 1.34. The highest BCUT2D eigenvalue weighted by atomic mass is 35.5. The van der Waals surface area contributed by atoms with Crippen LogP contribution in [0, 0.1) is 0 Å². The van der Waals surface area contributed by atoms with Gasteiger partial charge in [-0.05, 0) is 36.2 Å². The number of methoxy groups -OCH3 is 1. The fraction of sp³-hybridized carbons (Fsp3) is 0.231. The van der Waals surface area contributed by atoms with Gasteiger partial charge in [-0.15, -0.1) is 0 Å². The first-order valence-corrected chi connectivity index (χ1v) is 6.44. The van der Waals surface area contributed by atoms with Crippen molar-refractivity contribution in [2.45, 2.75) is 13.0 Å². The summed E-state index contributed by atoms with van der Waals surface area (Å²) in [5.41, 5.74) is 1.09. The van der Waals surface area contributed by atoms with Gasteiger partial charge in [-0.2, -0.15) is 4.98 Å². The Balaban J connectivity index is 2.15. The van der Waals surface area contributed by atoms with E-state index in [1.165, 1.54) is 6.20 Å². The zero-order valence-electron chi connectivity index (χ0n) is 10.5. The van der Waals surface area contributed by atoms with E-state index in [1.807, 2.05) is 31.2 Å². The third-order valence-electron chi connectivity index (χ3n) is 2.68. The van der Waals surface area contributed by atoms with Gasteiger partial charge in [-0.25, -0.2) is 4.98 Å². The zero-order valence-corrected chi connectivity index (χ0v) is 12.0. The van der Waals surface area contributed by atoms with Gasteiger partial charge in [0.2, 0.25) is 5.28 Å². The fourth-order valence-electron chi connectivity index (χ4n) is 1.63. The minimum Gasteiger partial charge on any atom is -0.497 e. The maximum absolute atomic E-state index is 6.01. The van der Waals surface area contributed by atoms with E-state index >= 15 is 0 Å². The van der Waals surface area contributed by atoms with Crippen molar-refractivity contribution in [3.63, 3.8) is 0 Å². The van der Waals surface area contributed by atoms with Crippen LogP contribution < -0.4 is 10.1 Å². The molecule has 1 atom stereocenters. The van der Waals surface area contributed by atoms with Crippen molar-refractivity contribution in [1.82, 2.24) is 9.97 Å². The van der Waals surface area contributed by atoms with Crippen LogP contribution in [0.4, 0.5) is 5.82 Å². The van der Waals surface area contributed by atoms with Crippen molar-refractivity contribution >= 4 is 29.0 Å². The molecule has 100 valence electrons. The Hall–Kier alpha value is -1.52. The van der Waals surface area contributed by atoms with Gasteiger partial charge in [-0.1, -0.05) is 23.7 Å². The van der Waals surface area contributed by atoms with E-state index in [2.05, 4.69) is 15.3 Å². The molecule has 1 heterocycles. The Labute approximate surface area is 121 Å². The summed E-state index contributed by atoms with van der Waals surface area (Å²) in [6, 6.07) is 7.80. The Morgan fingerprint density at radius 3 is 2.53 bits per heavy atom. The van der Waals surface area contributed by atoms with Crippen molar-refractivity contribution in [3.8, 4) is 5.75 Å². The van der Waals surface area contributed by atoms with Crippen LogP contribution in [0.15, 0.2) is 30.5 Å². The molecule has 6 heteroatoms. The van der Waals surface area contributed by atoms with E-state index < -0.39 is 0 Å². The number of halogens is 2. The van der Waals surface area contributed by atoms with E-state index in [-0.39, 0.29) is 11.3 Å². The minimum atomic E-state index is 0.0365. The van der Waals surface area contributed by atoms with E-state index in [1.54, 1.807) is 7.11 Å². The fourth-order valence-corrected chi connectivity index (χ4v) is 1.91. The second-order valence-corrected chi connectivity index (χ2v) is 4.72. The largest absolute Gasteiger partial charge is 0.497 e. The van der Waals surface area contributed by atoms with Crippen molar-refractivity contribution in [2.24, 2.45) is 0 Å².